The first kappa shape index (κ1) is 14.5. The van der Waals surface area contributed by atoms with Gasteiger partial charge in [-0.05, 0) is 39.0 Å². The van der Waals surface area contributed by atoms with Gasteiger partial charge in [-0.15, -0.1) is 0 Å². The molecule has 3 N–H and O–H groups in total. The molecular formula is C13H26N2O2. The number of ether oxygens (including phenoxy) is 1. The minimum absolute atomic E-state index is 0.0241. The Morgan fingerprint density at radius 3 is 2.82 bits per heavy atom. The molecule has 4 heteroatoms. The lowest BCUT2D eigenvalue weighted by Crippen LogP contribution is -2.47. The first-order valence-electron chi connectivity index (χ1n) is 6.64. The van der Waals surface area contributed by atoms with Gasteiger partial charge in [0.1, 0.15) is 0 Å². The number of methoxy groups -OCH3 is 1. The molecule has 17 heavy (non-hydrogen) atoms. The normalized spacial score (nSPS) is 28.3. The largest absolute Gasteiger partial charge is 0.385 e. The van der Waals surface area contributed by atoms with Crippen LogP contribution in [0, 0.1) is 5.41 Å². The monoisotopic (exact) mass is 242 g/mol. The maximum absolute atomic E-state index is 12.1. The Balaban J connectivity index is 2.16. The van der Waals surface area contributed by atoms with E-state index in [-0.39, 0.29) is 17.4 Å². The van der Waals surface area contributed by atoms with Crippen molar-refractivity contribution in [3.63, 3.8) is 0 Å². The van der Waals surface area contributed by atoms with Gasteiger partial charge in [0.05, 0.1) is 5.41 Å². The van der Waals surface area contributed by atoms with Crippen molar-refractivity contribution in [2.45, 2.75) is 51.5 Å². The maximum atomic E-state index is 12.1. The van der Waals surface area contributed by atoms with Gasteiger partial charge in [-0.2, -0.15) is 0 Å². The van der Waals surface area contributed by atoms with Crippen molar-refractivity contribution < 1.29 is 9.53 Å². The van der Waals surface area contributed by atoms with Gasteiger partial charge < -0.3 is 15.8 Å². The highest BCUT2D eigenvalue weighted by molar-refractivity contribution is 5.83. The van der Waals surface area contributed by atoms with Crippen molar-refractivity contribution in [1.29, 1.82) is 0 Å². The van der Waals surface area contributed by atoms with Crippen LogP contribution in [0.15, 0.2) is 0 Å². The van der Waals surface area contributed by atoms with E-state index in [1.165, 1.54) is 0 Å². The zero-order chi connectivity index (χ0) is 12.7. The molecule has 0 aromatic carbocycles. The predicted molar refractivity (Wildman–Crippen MR) is 68.7 cm³/mol. The van der Waals surface area contributed by atoms with E-state index in [4.69, 9.17) is 10.5 Å². The zero-order valence-corrected chi connectivity index (χ0v) is 11.1. The van der Waals surface area contributed by atoms with Crippen LogP contribution >= 0.6 is 0 Å². The molecule has 0 aliphatic heterocycles. The molecule has 0 heterocycles. The molecule has 100 valence electrons. The standard InChI is InChI=1S/C13H26N2O2/c1-13(8-6-7-11(13)14)12(16)15-9-4-3-5-10-17-2/h11H,3-10,14H2,1-2H3,(H,15,16). The maximum Gasteiger partial charge on any atom is 0.227 e. The third kappa shape index (κ3) is 3.96. The second-order valence-corrected chi connectivity index (χ2v) is 5.23. The van der Waals surface area contributed by atoms with Crippen LogP contribution in [0.4, 0.5) is 0 Å². The second-order valence-electron chi connectivity index (χ2n) is 5.23. The van der Waals surface area contributed by atoms with Crippen LogP contribution in [0.1, 0.15) is 45.4 Å². The van der Waals surface area contributed by atoms with Crippen molar-refractivity contribution >= 4 is 5.91 Å². The van der Waals surface area contributed by atoms with E-state index in [1.807, 2.05) is 6.92 Å². The average Bonchev–Trinajstić information content (AvgIpc) is 2.65. The lowest BCUT2D eigenvalue weighted by molar-refractivity contribution is -0.130. The number of carbonyl (C=O) groups excluding carboxylic acids is 1. The number of hydrogen-bond acceptors (Lipinski definition) is 3. The van der Waals surface area contributed by atoms with Gasteiger partial charge in [0.25, 0.3) is 0 Å². The first-order valence-corrected chi connectivity index (χ1v) is 6.64. The molecule has 2 unspecified atom stereocenters. The van der Waals surface area contributed by atoms with Gasteiger partial charge in [0.2, 0.25) is 5.91 Å². The van der Waals surface area contributed by atoms with Crippen LogP contribution in [0.5, 0.6) is 0 Å². The van der Waals surface area contributed by atoms with Crippen molar-refractivity contribution in [2.24, 2.45) is 11.1 Å². The Labute approximate surface area is 104 Å². The highest BCUT2D eigenvalue weighted by atomic mass is 16.5. The first-order chi connectivity index (χ1) is 8.11. The SMILES string of the molecule is COCCCCCNC(=O)C1(C)CCCC1N. The number of nitrogens with one attached hydrogen (secondary N) is 1. The van der Waals surface area contributed by atoms with Crippen LogP contribution in [-0.4, -0.2) is 32.2 Å². The van der Waals surface area contributed by atoms with E-state index in [0.29, 0.717) is 0 Å². The third-order valence-electron chi connectivity index (χ3n) is 3.86. The Morgan fingerprint density at radius 2 is 2.24 bits per heavy atom. The second kappa shape index (κ2) is 6.97. The Hall–Kier alpha value is -0.610. The Kier molecular flexibility index (Phi) is 5.92. The molecule has 1 aliphatic rings. The molecule has 0 radical (unpaired) electrons. The summed E-state index contributed by atoms with van der Waals surface area (Å²) in [5, 5.41) is 3.01. The molecule has 1 saturated carbocycles. The van der Waals surface area contributed by atoms with Crippen molar-refractivity contribution in [3.8, 4) is 0 Å². The van der Waals surface area contributed by atoms with E-state index < -0.39 is 0 Å². The molecule has 0 aromatic rings. The summed E-state index contributed by atoms with van der Waals surface area (Å²) >= 11 is 0. The predicted octanol–water partition coefficient (Wildman–Crippen LogP) is 1.44. The molecule has 0 saturated heterocycles. The van der Waals surface area contributed by atoms with Gasteiger partial charge in [-0.25, -0.2) is 0 Å². The van der Waals surface area contributed by atoms with E-state index in [9.17, 15) is 4.79 Å². The summed E-state index contributed by atoms with van der Waals surface area (Å²) in [6, 6.07) is 0.0241. The van der Waals surface area contributed by atoms with E-state index in [1.54, 1.807) is 7.11 Å². The average molecular weight is 242 g/mol. The van der Waals surface area contributed by atoms with Crippen LogP contribution in [-0.2, 0) is 9.53 Å². The minimum Gasteiger partial charge on any atom is -0.385 e. The van der Waals surface area contributed by atoms with Crippen LogP contribution in [0.2, 0.25) is 0 Å². The lowest BCUT2D eigenvalue weighted by Gasteiger charge is -2.27. The summed E-state index contributed by atoms with van der Waals surface area (Å²) in [5.74, 6) is 0.134. The summed E-state index contributed by atoms with van der Waals surface area (Å²) in [6.07, 6.45) is 6.13. The topological polar surface area (TPSA) is 64.3 Å². The van der Waals surface area contributed by atoms with Crippen LogP contribution < -0.4 is 11.1 Å². The van der Waals surface area contributed by atoms with Gasteiger partial charge in [0, 0.05) is 26.3 Å². The van der Waals surface area contributed by atoms with Crippen molar-refractivity contribution in [3.05, 3.63) is 0 Å². The summed E-state index contributed by atoms with van der Waals surface area (Å²) < 4.78 is 4.98. The summed E-state index contributed by atoms with van der Waals surface area (Å²) in [4.78, 5) is 12.1. The van der Waals surface area contributed by atoms with E-state index in [2.05, 4.69) is 5.32 Å². The molecule has 1 rings (SSSR count). The number of rotatable bonds is 7. The van der Waals surface area contributed by atoms with E-state index >= 15 is 0 Å². The van der Waals surface area contributed by atoms with Crippen LogP contribution in [0.25, 0.3) is 0 Å². The fraction of sp³-hybridized carbons (Fsp3) is 0.923. The number of unbranched alkanes of at least 4 members (excludes halogenated alkanes) is 2. The summed E-state index contributed by atoms with van der Waals surface area (Å²) in [5.41, 5.74) is 5.67. The van der Waals surface area contributed by atoms with Gasteiger partial charge in [-0.1, -0.05) is 6.42 Å². The number of hydrogen-bond donors (Lipinski definition) is 2. The van der Waals surface area contributed by atoms with E-state index in [0.717, 1.165) is 51.7 Å². The number of nitrogens with two attached hydrogens (primary N) is 1. The summed E-state index contributed by atoms with van der Waals surface area (Å²) in [6.45, 7) is 3.55. The van der Waals surface area contributed by atoms with Gasteiger partial charge in [0.15, 0.2) is 0 Å². The Bertz CT molecular complexity index is 246. The molecule has 4 nitrogen and oxygen atoms in total. The van der Waals surface area contributed by atoms with Crippen molar-refractivity contribution in [2.75, 3.05) is 20.3 Å². The molecule has 0 bridgehead atoms. The Morgan fingerprint density at radius 1 is 1.47 bits per heavy atom. The molecular weight excluding hydrogens is 216 g/mol. The molecule has 1 aliphatic carbocycles. The fourth-order valence-electron chi connectivity index (χ4n) is 2.43. The third-order valence-corrected chi connectivity index (χ3v) is 3.86. The zero-order valence-electron chi connectivity index (χ0n) is 11.1. The minimum atomic E-state index is -0.341. The fourth-order valence-corrected chi connectivity index (χ4v) is 2.43. The summed E-state index contributed by atoms with van der Waals surface area (Å²) in [7, 11) is 1.71. The number of carbonyl (C=O) groups is 1. The van der Waals surface area contributed by atoms with Crippen molar-refractivity contribution in [1.82, 2.24) is 5.32 Å². The van der Waals surface area contributed by atoms with Crippen LogP contribution in [0.3, 0.4) is 0 Å². The van der Waals surface area contributed by atoms with Gasteiger partial charge >= 0.3 is 0 Å². The smallest absolute Gasteiger partial charge is 0.227 e. The quantitative estimate of drug-likeness (QED) is 0.664. The molecule has 0 spiro atoms. The highest BCUT2D eigenvalue weighted by Crippen LogP contribution is 2.36. The van der Waals surface area contributed by atoms with Gasteiger partial charge in [-0.3, -0.25) is 4.79 Å². The molecule has 1 fully saturated rings. The lowest BCUT2D eigenvalue weighted by atomic mass is 9.84. The number of amides is 1. The highest BCUT2D eigenvalue weighted by Gasteiger charge is 2.42. The molecule has 1 amide bonds. The molecule has 0 aromatic heterocycles. The molecule has 2 atom stereocenters.